The van der Waals surface area contributed by atoms with Crippen molar-refractivity contribution >= 4 is 21.9 Å². The number of allylic oxidation sites excluding steroid dienone is 2. The minimum atomic E-state index is -5.82. The van der Waals surface area contributed by atoms with E-state index < -0.39 is 21.5 Å². The summed E-state index contributed by atoms with van der Waals surface area (Å²) in [7, 11) is -5.82. The van der Waals surface area contributed by atoms with E-state index in [1.54, 1.807) is 0 Å². The van der Waals surface area contributed by atoms with Gasteiger partial charge in [-0.2, -0.15) is 21.6 Å². The van der Waals surface area contributed by atoms with E-state index in [1.807, 2.05) is 12.2 Å². The Labute approximate surface area is 130 Å². The van der Waals surface area contributed by atoms with Gasteiger partial charge in [0.2, 0.25) is 5.91 Å². The Morgan fingerprint density at radius 2 is 1.70 bits per heavy atom. The van der Waals surface area contributed by atoms with E-state index in [0.29, 0.717) is 0 Å². The van der Waals surface area contributed by atoms with Crippen molar-refractivity contribution in [2.75, 3.05) is 0 Å². The first kappa shape index (κ1) is 17.6. The number of amides is 1. The largest absolute Gasteiger partial charge is 0.536 e. The number of amidine groups is 1. The summed E-state index contributed by atoms with van der Waals surface area (Å²) in [5, 5.41) is 2.87. The lowest BCUT2D eigenvalue weighted by molar-refractivity contribution is -0.119. The highest BCUT2D eigenvalue weighted by Gasteiger charge is 2.49. The molecule has 2 aliphatic rings. The molecule has 2 rings (SSSR count). The number of carbonyl (C=O) groups excluding carboxylic acids is 1. The Morgan fingerprint density at radius 1 is 1.17 bits per heavy atom. The minimum Gasteiger partial charge on any atom is -0.384 e. The highest BCUT2D eigenvalue weighted by Crippen LogP contribution is 2.50. The molecule has 130 valence electrons. The molecule has 1 fully saturated rings. The second-order valence-electron chi connectivity index (χ2n) is 5.71. The zero-order valence-corrected chi connectivity index (χ0v) is 12.7. The Morgan fingerprint density at radius 3 is 2.17 bits per heavy atom. The first-order valence-electron chi connectivity index (χ1n) is 6.80. The van der Waals surface area contributed by atoms with E-state index >= 15 is 0 Å². The summed E-state index contributed by atoms with van der Waals surface area (Å²) in [5.74, 6) is -0.818. The van der Waals surface area contributed by atoms with Gasteiger partial charge in [0.1, 0.15) is 5.84 Å². The molecule has 4 N–H and O–H groups in total. The van der Waals surface area contributed by atoms with E-state index in [-0.39, 0.29) is 42.3 Å². The lowest BCUT2D eigenvalue weighted by Gasteiger charge is -2.26. The normalized spacial score (nSPS) is 30.7. The van der Waals surface area contributed by atoms with Crippen LogP contribution in [0.1, 0.15) is 19.3 Å². The van der Waals surface area contributed by atoms with Gasteiger partial charge in [0.25, 0.3) is 0 Å². The quantitative estimate of drug-likeness (QED) is 0.240. The van der Waals surface area contributed by atoms with Crippen LogP contribution in [0.2, 0.25) is 0 Å². The van der Waals surface area contributed by atoms with E-state index in [1.165, 1.54) is 0 Å². The molecule has 23 heavy (non-hydrogen) atoms. The van der Waals surface area contributed by atoms with E-state index in [0.717, 1.165) is 6.42 Å². The molecule has 0 aromatic rings. The van der Waals surface area contributed by atoms with Crippen molar-refractivity contribution in [3.63, 3.8) is 0 Å². The van der Waals surface area contributed by atoms with Crippen molar-refractivity contribution in [3.05, 3.63) is 12.2 Å². The van der Waals surface area contributed by atoms with Gasteiger partial charge in [-0.05, 0) is 30.1 Å². The third-order valence-corrected chi connectivity index (χ3v) is 5.06. The monoisotopic (exact) mass is 355 g/mol. The second kappa shape index (κ2) is 6.02. The Hall–Kier alpha value is -1.78. The summed E-state index contributed by atoms with van der Waals surface area (Å²) >= 11 is 0. The van der Waals surface area contributed by atoms with Crippen LogP contribution < -0.4 is 11.5 Å². The molecule has 0 radical (unpaired) electrons. The van der Waals surface area contributed by atoms with Crippen LogP contribution in [0.4, 0.5) is 13.2 Å². The van der Waals surface area contributed by atoms with Gasteiger partial charge in [-0.1, -0.05) is 17.3 Å². The number of alkyl halides is 3. The fourth-order valence-corrected chi connectivity index (χ4v) is 3.56. The number of primary amides is 1. The number of fused-ring (bicyclic) bond motifs is 2. The number of hydrogen-bond donors (Lipinski definition) is 2. The lowest BCUT2D eigenvalue weighted by Crippen LogP contribution is -2.30. The summed E-state index contributed by atoms with van der Waals surface area (Å²) in [4.78, 5) is 11.1. The van der Waals surface area contributed by atoms with Crippen LogP contribution in [0.15, 0.2) is 17.3 Å². The van der Waals surface area contributed by atoms with Crippen LogP contribution in [0.5, 0.6) is 0 Å². The summed E-state index contributed by atoms with van der Waals surface area (Å²) < 4.78 is 61.5. The van der Waals surface area contributed by atoms with Crippen molar-refractivity contribution in [2.24, 2.45) is 40.3 Å². The highest BCUT2D eigenvalue weighted by molar-refractivity contribution is 7.87. The van der Waals surface area contributed by atoms with Gasteiger partial charge in [0.05, 0.1) is 0 Å². The molecule has 11 heteroatoms. The molecule has 2 aliphatic carbocycles. The molecule has 0 aromatic heterocycles. The molecule has 0 aliphatic heterocycles. The van der Waals surface area contributed by atoms with Crippen LogP contribution in [-0.4, -0.2) is 25.7 Å². The van der Waals surface area contributed by atoms with Gasteiger partial charge in [-0.3, -0.25) is 9.08 Å². The zero-order valence-electron chi connectivity index (χ0n) is 11.9. The van der Waals surface area contributed by atoms with Gasteiger partial charge < -0.3 is 11.5 Å². The molecular weight excluding hydrogens is 339 g/mol. The van der Waals surface area contributed by atoms with Crippen molar-refractivity contribution in [3.8, 4) is 0 Å². The fourth-order valence-electron chi connectivity index (χ4n) is 3.28. The molecule has 2 bridgehead atoms. The molecule has 7 nitrogen and oxygen atoms in total. The van der Waals surface area contributed by atoms with Gasteiger partial charge in [-0.15, -0.1) is 0 Å². The molecule has 4 atom stereocenters. The molecule has 0 aromatic carbocycles. The number of rotatable bonds is 6. The second-order valence-corrected chi connectivity index (χ2v) is 7.23. The number of nitrogens with zero attached hydrogens (tertiary/aromatic N) is 1. The van der Waals surface area contributed by atoms with Crippen LogP contribution in [-0.2, 0) is 19.2 Å². The Bertz CT molecular complexity index is 644. The molecule has 4 unspecified atom stereocenters. The van der Waals surface area contributed by atoms with Crippen molar-refractivity contribution in [2.45, 2.75) is 24.8 Å². The lowest BCUT2D eigenvalue weighted by atomic mass is 9.79. The van der Waals surface area contributed by atoms with E-state index in [4.69, 9.17) is 11.5 Å². The fraction of sp³-hybridized carbons (Fsp3) is 0.667. The van der Waals surface area contributed by atoms with Gasteiger partial charge in [0.15, 0.2) is 0 Å². The van der Waals surface area contributed by atoms with Crippen LogP contribution in [0.3, 0.4) is 0 Å². The molecule has 0 saturated heterocycles. The van der Waals surface area contributed by atoms with Gasteiger partial charge >= 0.3 is 15.6 Å². The number of nitrogens with two attached hydrogens (primary N) is 2. The third kappa shape index (κ3) is 3.77. The van der Waals surface area contributed by atoms with Crippen molar-refractivity contribution in [1.29, 1.82) is 0 Å². The standard InChI is InChI=1S/C12H16F3N3O4S/c13-12(14,15)23(20,21)22-18-10(16)4-8-6-1-2-7(3-6)9(8)5-11(17)19/h1-2,6-9H,3-5H2,(H2,16,18)(H2,17,19). The summed E-state index contributed by atoms with van der Waals surface area (Å²) in [6.45, 7) is 0. The molecule has 0 spiro atoms. The predicted octanol–water partition coefficient (Wildman–Crippen LogP) is 0.829. The Balaban J connectivity index is 2.04. The Kier molecular flexibility index (Phi) is 4.60. The molecule has 0 heterocycles. The molecular formula is C12H16F3N3O4S. The minimum absolute atomic E-state index is 0.0246. The maximum Gasteiger partial charge on any atom is 0.536 e. The van der Waals surface area contributed by atoms with Crippen molar-refractivity contribution in [1.82, 2.24) is 0 Å². The third-order valence-electron chi connectivity index (χ3n) is 4.22. The van der Waals surface area contributed by atoms with Gasteiger partial charge in [0, 0.05) is 12.8 Å². The number of oxime groups is 1. The maximum absolute atomic E-state index is 12.1. The zero-order chi connectivity index (χ0) is 17.4. The summed E-state index contributed by atoms with van der Waals surface area (Å²) in [6.07, 6.45) is 4.89. The number of halogens is 3. The first-order valence-corrected chi connectivity index (χ1v) is 8.21. The number of hydrogen-bond acceptors (Lipinski definition) is 5. The summed E-state index contributed by atoms with van der Waals surface area (Å²) in [6, 6.07) is 0. The summed E-state index contributed by atoms with van der Waals surface area (Å²) in [5.41, 5.74) is 5.12. The topological polar surface area (TPSA) is 125 Å². The van der Waals surface area contributed by atoms with E-state index in [9.17, 15) is 26.4 Å². The smallest absolute Gasteiger partial charge is 0.384 e. The van der Waals surface area contributed by atoms with Crippen molar-refractivity contribution < 1.29 is 30.7 Å². The maximum atomic E-state index is 12.1. The SMILES string of the molecule is NC(=O)CC1C2C=CC(C2)C1CC(N)=NOS(=O)(=O)C(F)(F)F. The van der Waals surface area contributed by atoms with Gasteiger partial charge in [-0.25, -0.2) is 0 Å². The van der Waals surface area contributed by atoms with Crippen LogP contribution in [0, 0.1) is 23.7 Å². The van der Waals surface area contributed by atoms with E-state index in [2.05, 4.69) is 9.44 Å². The average Bonchev–Trinajstić information content (AvgIpc) is 2.98. The first-order chi connectivity index (χ1) is 10.5. The van der Waals surface area contributed by atoms with Crippen LogP contribution >= 0.6 is 0 Å². The molecule has 1 amide bonds. The average molecular weight is 355 g/mol. The van der Waals surface area contributed by atoms with Crippen LogP contribution in [0.25, 0.3) is 0 Å². The predicted molar refractivity (Wildman–Crippen MR) is 73.8 cm³/mol. The number of carbonyl (C=O) groups is 1. The highest BCUT2D eigenvalue weighted by atomic mass is 32.2. The molecule has 1 saturated carbocycles.